The van der Waals surface area contributed by atoms with Crippen molar-refractivity contribution >= 4 is 49.5 Å². The minimum atomic E-state index is -3.82. The molecule has 1 aromatic heterocycles. The van der Waals surface area contributed by atoms with Crippen LogP contribution in [0.2, 0.25) is 0 Å². The second-order valence-electron chi connectivity index (χ2n) is 8.38. The van der Waals surface area contributed by atoms with E-state index in [1.54, 1.807) is 29.7 Å². The van der Waals surface area contributed by atoms with Crippen molar-refractivity contribution in [2.75, 3.05) is 39.9 Å². The predicted molar refractivity (Wildman–Crippen MR) is 144 cm³/mol. The van der Waals surface area contributed by atoms with Crippen LogP contribution in [0.1, 0.15) is 27.6 Å². The first-order valence-electron chi connectivity index (χ1n) is 12.0. The molecule has 1 saturated heterocycles. The van der Waals surface area contributed by atoms with Crippen LogP contribution in [-0.2, 0) is 26.0 Å². The van der Waals surface area contributed by atoms with Gasteiger partial charge in [0.15, 0.2) is 4.80 Å². The van der Waals surface area contributed by atoms with Gasteiger partial charge in [-0.15, -0.1) is 6.42 Å². The molecular formula is C26H26N4O7S2. The number of methoxy groups -OCH3 is 1. The standard InChI is InChI=1S/C26H26N4O7S2/c1-4-12-30-21-11-8-19(24(32)36-3)17-22(21)38-25(30)27-23(31)18-6-9-20(10-7-18)39(34,35)29-15-13-28(14-16-29)26(33)37-5-2/h1,6-11,17H,5,12-16H2,2-3H3. The number of sulfonamides is 1. The quantitative estimate of drug-likeness (QED) is 0.329. The van der Waals surface area contributed by atoms with Crippen molar-refractivity contribution in [2.45, 2.75) is 18.4 Å². The van der Waals surface area contributed by atoms with Gasteiger partial charge in [-0.05, 0) is 49.4 Å². The molecule has 2 heterocycles. The topological polar surface area (TPSA) is 128 Å². The van der Waals surface area contributed by atoms with Crippen LogP contribution in [0.15, 0.2) is 52.4 Å². The number of hydrogen-bond donors (Lipinski definition) is 0. The van der Waals surface area contributed by atoms with Gasteiger partial charge in [0.25, 0.3) is 5.91 Å². The van der Waals surface area contributed by atoms with Gasteiger partial charge >= 0.3 is 12.1 Å². The lowest BCUT2D eigenvalue weighted by atomic mass is 10.2. The molecule has 2 aromatic carbocycles. The van der Waals surface area contributed by atoms with Gasteiger partial charge in [0, 0.05) is 31.7 Å². The van der Waals surface area contributed by atoms with Crippen molar-refractivity contribution in [3.63, 3.8) is 0 Å². The second-order valence-corrected chi connectivity index (χ2v) is 11.3. The maximum Gasteiger partial charge on any atom is 0.409 e. The van der Waals surface area contributed by atoms with Crippen LogP contribution in [0.5, 0.6) is 0 Å². The Kier molecular flexibility index (Phi) is 8.49. The molecule has 11 nitrogen and oxygen atoms in total. The number of ether oxygens (including phenoxy) is 2. The summed E-state index contributed by atoms with van der Waals surface area (Å²) in [6.07, 6.45) is 5.06. The minimum absolute atomic E-state index is 0.0308. The highest BCUT2D eigenvalue weighted by molar-refractivity contribution is 7.89. The van der Waals surface area contributed by atoms with Gasteiger partial charge in [-0.25, -0.2) is 18.0 Å². The van der Waals surface area contributed by atoms with Gasteiger partial charge in [0.1, 0.15) is 0 Å². The van der Waals surface area contributed by atoms with E-state index in [0.717, 1.165) is 0 Å². The molecule has 204 valence electrons. The first-order chi connectivity index (χ1) is 18.7. The Balaban J connectivity index is 1.55. The molecule has 0 spiro atoms. The van der Waals surface area contributed by atoms with Gasteiger partial charge in [0.05, 0.1) is 40.9 Å². The van der Waals surface area contributed by atoms with Crippen LogP contribution in [0.4, 0.5) is 4.79 Å². The van der Waals surface area contributed by atoms with E-state index in [4.69, 9.17) is 15.9 Å². The number of terminal acetylenes is 1. The average molecular weight is 571 g/mol. The normalized spacial score (nSPS) is 14.7. The molecule has 39 heavy (non-hydrogen) atoms. The third-order valence-electron chi connectivity index (χ3n) is 6.05. The molecule has 1 fully saturated rings. The number of fused-ring (bicyclic) bond motifs is 1. The zero-order valence-electron chi connectivity index (χ0n) is 21.3. The number of amides is 2. The van der Waals surface area contributed by atoms with E-state index in [1.807, 2.05) is 0 Å². The maximum absolute atomic E-state index is 13.1. The number of rotatable bonds is 6. The molecule has 2 amide bonds. The molecule has 0 saturated carbocycles. The zero-order valence-corrected chi connectivity index (χ0v) is 23.0. The van der Waals surface area contributed by atoms with Crippen molar-refractivity contribution in [3.05, 3.63) is 58.4 Å². The number of carbonyl (C=O) groups excluding carboxylic acids is 3. The lowest BCUT2D eigenvalue weighted by molar-refractivity contribution is 0.0600. The molecule has 0 bridgehead atoms. The molecule has 1 aliphatic rings. The van der Waals surface area contributed by atoms with Gasteiger partial charge < -0.3 is 18.9 Å². The monoisotopic (exact) mass is 570 g/mol. The highest BCUT2D eigenvalue weighted by Crippen LogP contribution is 2.21. The van der Waals surface area contributed by atoms with Crippen molar-refractivity contribution in [1.29, 1.82) is 0 Å². The van der Waals surface area contributed by atoms with Crippen molar-refractivity contribution in [1.82, 2.24) is 13.8 Å². The summed E-state index contributed by atoms with van der Waals surface area (Å²) in [7, 11) is -2.53. The summed E-state index contributed by atoms with van der Waals surface area (Å²) in [5.41, 5.74) is 1.26. The van der Waals surface area contributed by atoms with Gasteiger partial charge in [-0.3, -0.25) is 4.79 Å². The fourth-order valence-corrected chi connectivity index (χ4v) is 6.53. The largest absolute Gasteiger partial charge is 0.465 e. The smallest absolute Gasteiger partial charge is 0.409 e. The first-order valence-corrected chi connectivity index (χ1v) is 14.2. The van der Waals surface area contributed by atoms with Gasteiger partial charge in [-0.2, -0.15) is 9.30 Å². The molecular weight excluding hydrogens is 544 g/mol. The van der Waals surface area contributed by atoms with Gasteiger partial charge in [-0.1, -0.05) is 17.3 Å². The molecule has 3 aromatic rings. The number of piperazine rings is 1. The van der Waals surface area contributed by atoms with Crippen LogP contribution in [0.25, 0.3) is 10.2 Å². The van der Waals surface area contributed by atoms with Crippen LogP contribution in [0, 0.1) is 12.3 Å². The number of nitrogens with zero attached hydrogens (tertiary/aromatic N) is 4. The number of esters is 1. The summed E-state index contributed by atoms with van der Waals surface area (Å²) in [6.45, 7) is 2.83. The number of carbonyl (C=O) groups is 3. The van der Waals surface area contributed by atoms with Crippen molar-refractivity contribution in [3.8, 4) is 12.3 Å². The van der Waals surface area contributed by atoms with E-state index in [-0.39, 0.29) is 49.8 Å². The predicted octanol–water partition coefficient (Wildman–Crippen LogP) is 2.33. The Hall–Kier alpha value is -3.99. The van der Waals surface area contributed by atoms with E-state index in [2.05, 4.69) is 10.9 Å². The summed E-state index contributed by atoms with van der Waals surface area (Å²) in [5.74, 6) is 1.48. The summed E-state index contributed by atoms with van der Waals surface area (Å²) in [6, 6.07) is 10.5. The van der Waals surface area contributed by atoms with Gasteiger partial charge in [0.2, 0.25) is 10.0 Å². The van der Waals surface area contributed by atoms with Crippen molar-refractivity contribution in [2.24, 2.45) is 4.99 Å². The average Bonchev–Trinajstić information content (AvgIpc) is 3.28. The van der Waals surface area contributed by atoms with E-state index in [1.165, 1.54) is 51.9 Å². The third-order valence-corrected chi connectivity index (χ3v) is 9.01. The fraction of sp³-hybridized carbons (Fsp3) is 0.308. The zero-order chi connectivity index (χ0) is 28.2. The van der Waals surface area contributed by atoms with Crippen LogP contribution in [-0.4, -0.2) is 80.1 Å². The Labute approximate surface area is 229 Å². The summed E-state index contributed by atoms with van der Waals surface area (Å²) < 4.78 is 39.6. The molecule has 0 unspecified atom stereocenters. The van der Waals surface area contributed by atoms with E-state index >= 15 is 0 Å². The lowest BCUT2D eigenvalue weighted by Gasteiger charge is -2.33. The highest BCUT2D eigenvalue weighted by atomic mass is 32.2. The summed E-state index contributed by atoms with van der Waals surface area (Å²) in [4.78, 5) is 42.8. The van der Waals surface area contributed by atoms with Crippen molar-refractivity contribution < 1.29 is 32.3 Å². The molecule has 13 heteroatoms. The highest BCUT2D eigenvalue weighted by Gasteiger charge is 2.30. The van der Waals surface area contributed by atoms with Crippen LogP contribution in [0.3, 0.4) is 0 Å². The number of aromatic nitrogens is 1. The molecule has 0 aliphatic carbocycles. The van der Waals surface area contributed by atoms with Crippen LogP contribution < -0.4 is 4.80 Å². The lowest BCUT2D eigenvalue weighted by Crippen LogP contribution is -2.50. The van der Waals surface area contributed by atoms with E-state index < -0.39 is 28.0 Å². The molecule has 4 rings (SSSR count). The molecule has 1 aliphatic heterocycles. The SMILES string of the molecule is C#CCn1c(=NC(=O)c2ccc(S(=O)(=O)N3CCN(C(=O)OCC)CC3)cc2)sc2cc(C(=O)OC)ccc21. The molecule has 0 N–H and O–H groups in total. The molecule has 0 atom stereocenters. The number of hydrogen-bond acceptors (Lipinski definition) is 8. The van der Waals surface area contributed by atoms with Crippen LogP contribution >= 0.6 is 11.3 Å². The Morgan fingerprint density at radius 1 is 1.05 bits per heavy atom. The number of thiazole rings is 1. The Morgan fingerprint density at radius 2 is 1.72 bits per heavy atom. The van der Waals surface area contributed by atoms with E-state index in [9.17, 15) is 22.8 Å². The summed E-state index contributed by atoms with van der Waals surface area (Å²) in [5, 5.41) is 0. The Morgan fingerprint density at radius 3 is 2.33 bits per heavy atom. The number of benzene rings is 2. The maximum atomic E-state index is 13.1. The Bertz CT molecular complexity index is 1630. The molecule has 0 radical (unpaired) electrons. The third kappa shape index (κ3) is 5.88. The fourth-order valence-electron chi connectivity index (χ4n) is 4.04. The minimum Gasteiger partial charge on any atom is -0.465 e. The van der Waals surface area contributed by atoms with E-state index in [0.29, 0.717) is 20.6 Å². The summed E-state index contributed by atoms with van der Waals surface area (Å²) >= 11 is 1.19. The second kappa shape index (κ2) is 11.8. The first kappa shape index (κ1) is 28.0.